The van der Waals surface area contributed by atoms with Crippen molar-refractivity contribution < 1.29 is 4.79 Å². The molecule has 2 N–H and O–H groups in total. The number of rotatable bonds is 5. The van der Waals surface area contributed by atoms with Crippen LogP contribution in [0.25, 0.3) is 0 Å². The van der Waals surface area contributed by atoms with Gasteiger partial charge in [0.15, 0.2) is 0 Å². The first-order chi connectivity index (χ1) is 10.1. The summed E-state index contributed by atoms with van der Waals surface area (Å²) in [7, 11) is 0. The number of hydrogen-bond donors (Lipinski definition) is 2. The SMILES string of the molecule is CC(C)c1nc(CCNC(=O)Nc2ccccc2Br)cs1. The van der Waals surface area contributed by atoms with Crippen LogP contribution in [0.5, 0.6) is 0 Å². The summed E-state index contributed by atoms with van der Waals surface area (Å²) in [5.41, 5.74) is 1.79. The van der Waals surface area contributed by atoms with Crippen molar-refractivity contribution in [3.63, 3.8) is 0 Å². The lowest BCUT2D eigenvalue weighted by Crippen LogP contribution is -2.30. The smallest absolute Gasteiger partial charge is 0.319 e. The average molecular weight is 368 g/mol. The molecule has 0 aliphatic heterocycles. The normalized spacial score (nSPS) is 10.7. The van der Waals surface area contributed by atoms with E-state index in [9.17, 15) is 4.79 Å². The van der Waals surface area contributed by atoms with Gasteiger partial charge in [0.1, 0.15) is 0 Å². The molecule has 0 bridgehead atoms. The monoisotopic (exact) mass is 367 g/mol. The van der Waals surface area contributed by atoms with Gasteiger partial charge in [0.25, 0.3) is 0 Å². The van der Waals surface area contributed by atoms with Gasteiger partial charge < -0.3 is 10.6 Å². The molecule has 21 heavy (non-hydrogen) atoms. The Bertz CT molecular complexity index is 612. The summed E-state index contributed by atoms with van der Waals surface area (Å²) < 4.78 is 0.862. The first-order valence-corrected chi connectivity index (χ1v) is 8.47. The van der Waals surface area contributed by atoms with Gasteiger partial charge in [-0.1, -0.05) is 26.0 Å². The Morgan fingerprint density at radius 1 is 1.38 bits per heavy atom. The number of amides is 2. The van der Waals surface area contributed by atoms with Gasteiger partial charge in [0.05, 0.1) is 16.4 Å². The number of benzene rings is 1. The van der Waals surface area contributed by atoms with Crippen molar-refractivity contribution in [3.8, 4) is 0 Å². The average Bonchev–Trinajstić information content (AvgIpc) is 2.90. The molecule has 0 aliphatic carbocycles. The zero-order valence-electron chi connectivity index (χ0n) is 12.0. The summed E-state index contributed by atoms with van der Waals surface area (Å²) in [6.07, 6.45) is 0.743. The van der Waals surface area contributed by atoms with Crippen LogP contribution in [0.15, 0.2) is 34.1 Å². The highest BCUT2D eigenvalue weighted by Crippen LogP contribution is 2.21. The molecular formula is C15H18BrN3OS. The minimum Gasteiger partial charge on any atom is -0.337 e. The number of hydrogen-bond acceptors (Lipinski definition) is 3. The summed E-state index contributed by atoms with van der Waals surface area (Å²) in [6, 6.07) is 7.31. The van der Waals surface area contributed by atoms with Crippen LogP contribution in [0.4, 0.5) is 10.5 Å². The van der Waals surface area contributed by atoms with E-state index in [1.165, 1.54) is 0 Å². The van der Waals surface area contributed by atoms with E-state index in [1.807, 2.05) is 24.3 Å². The van der Waals surface area contributed by atoms with Crippen LogP contribution in [0.2, 0.25) is 0 Å². The quantitative estimate of drug-likeness (QED) is 0.822. The number of nitrogens with zero attached hydrogens (tertiary/aromatic N) is 1. The summed E-state index contributed by atoms with van der Waals surface area (Å²) in [6.45, 7) is 4.83. The van der Waals surface area contributed by atoms with Gasteiger partial charge >= 0.3 is 6.03 Å². The number of thiazole rings is 1. The molecule has 1 heterocycles. The van der Waals surface area contributed by atoms with E-state index in [0.717, 1.165) is 27.3 Å². The summed E-state index contributed by atoms with van der Waals surface area (Å²) in [5, 5.41) is 8.84. The number of urea groups is 1. The number of para-hydroxylation sites is 1. The number of anilines is 1. The molecule has 0 fully saturated rings. The first-order valence-electron chi connectivity index (χ1n) is 6.80. The maximum absolute atomic E-state index is 11.8. The fourth-order valence-corrected chi connectivity index (χ4v) is 2.99. The van der Waals surface area contributed by atoms with Crippen molar-refractivity contribution in [3.05, 3.63) is 44.8 Å². The number of aromatic nitrogens is 1. The molecule has 4 nitrogen and oxygen atoms in total. The molecule has 2 amide bonds. The summed E-state index contributed by atoms with van der Waals surface area (Å²) in [5.74, 6) is 0.454. The van der Waals surface area contributed by atoms with Crippen molar-refractivity contribution in [1.29, 1.82) is 0 Å². The van der Waals surface area contributed by atoms with Crippen molar-refractivity contribution >= 4 is 39.0 Å². The Kier molecular flexibility index (Phi) is 5.76. The van der Waals surface area contributed by atoms with Crippen LogP contribution in [0.3, 0.4) is 0 Å². The first kappa shape index (κ1) is 16.0. The van der Waals surface area contributed by atoms with Crippen LogP contribution >= 0.6 is 27.3 Å². The van der Waals surface area contributed by atoms with Crippen LogP contribution < -0.4 is 10.6 Å². The van der Waals surface area contributed by atoms with Crippen molar-refractivity contribution in [1.82, 2.24) is 10.3 Å². The van der Waals surface area contributed by atoms with Gasteiger partial charge in [-0.25, -0.2) is 9.78 Å². The van der Waals surface area contributed by atoms with Crippen LogP contribution in [-0.2, 0) is 6.42 Å². The lowest BCUT2D eigenvalue weighted by molar-refractivity contribution is 0.252. The number of carbonyl (C=O) groups is 1. The minimum atomic E-state index is -0.207. The molecule has 2 rings (SSSR count). The Balaban J connectivity index is 1.78. The maximum Gasteiger partial charge on any atom is 0.319 e. The molecule has 0 radical (unpaired) electrons. The zero-order valence-corrected chi connectivity index (χ0v) is 14.4. The fourth-order valence-electron chi connectivity index (χ4n) is 1.74. The summed E-state index contributed by atoms with van der Waals surface area (Å²) in [4.78, 5) is 16.4. The van der Waals surface area contributed by atoms with Gasteiger partial charge in [-0.2, -0.15) is 0 Å². The molecule has 112 valence electrons. The third kappa shape index (κ3) is 4.82. The van der Waals surface area contributed by atoms with Gasteiger partial charge in [0, 0.05) is 28.7 Å². The molecule has 1 aromatic carbocycles. The van der Waals surface area contributed by atoms with Crippen molar-refractivity contribution in [2.24, 2.45) is 0 Å². The highest BCUT2D eigenvalue weighted by atomic mass is 79.9. The molecule has 0 saturated heterocycles. The van der Waals surface area contributed by atoms with Crippen molar-refractivity contribution in [2.75, 3.05) is 11.9 Å². The third-order valence-electron chi connectivity index (χ3n) is 2.85. The van der Waals surface area contributed by atoms with E-state index in [2.05, 4.69) is 50.8 Å². The minimum absolute atomic E-state index is 0.207. The highest BCUT2D eigenvalue weighted by Gasteiger charge is 2.07. The predicted molar refractivity (Wildman–Crippen MR) is 91.1 cm³/mol. The van der Waals surface area contributed by atoms with Crippen LogP contribution in [0, 0.1) is 0 Å². The lowest BCUT2D eigenvalue weighted by Gasteiger charge is -2.08. The predicted octanol–water partition coefficient (Wildman–Crippen LogP) is 4.39. The molecule has 1 aromatic heterocycles. The van der Waals surface area contributed by atoms with Crippen molar-refractivity contribution in [2.45, 2.75) is 26.2 Å². The van der Waals surface area contributed by atoms with E-state index in [-0.39, 0.29) is 6.03 Å². The molecule has 0 spiro atoms. The topological polar surface area (TPSA) is 54.0 Å². The van der Waals surface area contributed by atoms with Gasteiger partial charge in [0.2, 0.25) is 0 Å². The zero-order chi connectivity index (χ0) is 15.2. The van der Waals surface area contributed by atoms with E-state index in [4.69, 9.17) is 0 Å². The molecular weight excluding hydrogens is 350 g/mol. The highest BCUT2D eigenvalue weighted by molar-refractivity contribution is 9.10. The second kappa shape index (κ2) is 7.56. The van der Waals surface area contributed by atoms with Crippen LogP contribution in [-0.4, -0.2) is 17.6 Å². The van der Waals surface area contributed by atoms with Gasteiger partial charge in [-0.15, -0.1) is 11.3 Å². The molecule has 0 unspecified atom stereocenters. The second-order valence-electron chi connectivity index (χ2n) is 4.94. The Hall–Kier alpha value is -1.40. The standard InChI is InChI=1S/C15H18BrN3OS/c1-10(2)14-18-11(9-21-14)7-8-17-15(20)19-13-6-4-3-5-12(13)16/h3-6,9-10H,7-8H2,1-2H3,(H2,17,19,20). The Morgan fingerprint density at radius 2 is 2.14 bits per heavy atom. The van der Waals surface area contributed by atoms with E-state index in [1.54, 1.807) is 11.3 Å². The molecule has 0 atom stereocenters. The number of carbonyl (C=O) groups excluding carboxylic acids is 1. The van der Waals surface area contributed by atoms with E-state index >= 15 is 0 Å². The van der Waals surface area contributed by atoms with Gasteiger partial charge in [-0.05, 0) is 28.1 Å². The maximum atomic E-state index is 11.8. The van der Waals surface area contributed by atoms with Gasteiger partial charge in [-0.3, -0.25) is 0 Å². The Labute approximate surface area is 137 Å². The third-order valence-corrected chi connectivity index (χ3v) is 4.74. The second-order valence-corrected chi connectivity index (χ2v) is 6.69. The number of nitrogens with one attached hydrogen (secondary N) is 2. The Morgan fingerprint density at radius 3 is 2.81 bits per heavy atom. The summed E-state index contributed by atoms with van der Waals surface area (Å²) >= 11 is 5.07. The van der Waals surface area contributed by atoms with E-state index in [0.29, 0.717) is 12.5 Å². The number of halogens is 1. The largest absolute Gasteiger partial charge is 0.337 e. The molecule has 0 aliphatic rings. The lowest BCUT2D eigenvalue weighted by atomic mass is 10.2. The van der Waals surface area contributed by atoms with E-state index < -0.39 is 0 Å². The molecule has 6 heteroatoms. The van der Waals surface area contributed by atoms with Crippen LogP contribution in [0.1, 0.15) is 30.5 Å². The fraction of sp³-hybridized carbons (Fsp3) is 0.333. The molecule has 0 saturated carbocycles. The molecule has 2 aromatic rings.